The molecule has 0 aliphatic heterocycles. The highest BCUT2D eigenvalue weighted by Crippen LogP contribution is 2.31. The van der Waals surface area contributed by atoms with Crippen LogP contribution in [-0.4, -0.2) is 36.3 Å². The fraction of sp³-hybridized carbons (Fsp3) is 0.579. The summed E-state index contributed by atoms with van der Waals surface area (Å²) in [6.45, 7) is 3.10. The van der Waals surface area contributed by atoms with E-state index in [1.165, 1.54) is 13.8 Å². The Labute approximate surface area is 179 Å². The molecule has 0 unspecified atom stereocenters. The van der Waals surface area contributed by atoms with Gasteiger partial charge in [0, 0.05) is 3.57 Å². The Bertz CT molecular complexity index is 794. The van der Waals surface area contributed by atoms with E-state index < -0.39 is 27.4 Å². The maximum absolute atomic E-state index is 12.3. The Morgan fingerprint density at radius 3 is 2.07 bits per heavy atom. The van der Waals surface area contributed by atoms with Crippen LogP contribution in [0.15, 0.2) is 24.3 Å². The first-order valence-electron chi connectivity index (χ1n) is 9.04. The summed E-state index contributed by atoms with van der Waals surface area (Å²) in [6, 6.07) is 7.72. The van der Waals surface area contributed by atoms with Gasteiger partial charge in [0.2, 0.25) is 0 Å². The number of hydrogen-bond donors (Lipinski definition) is 1. The number of carbonyl (C=O) groups is 2. The molecule has 0 saturated heterocycles. The van der Waals surface area contributed by atoms with Gasteiger partial charge in [-0.25, -0.2) is 0 Å². The molecule has 9 heteroatoms. The molecule has 156 valence electrons. The van der Waals surface area contributed by atoms with Crippen molar-refractivity contribution in [2.24, 2.45) is 11.8 Å². The van der Waals surface area contributed by atoms with E-state index in [1.807, 2.05) is 24.3 Å². The second kappa shape index (κ2) is 9.53. The first kappa shape index (κ1) is 23.1. The lowest BCUT2D eigenvalue weighted by Crippen LogP contribution is -2.39. The van der Waals surface area contributed by atoms with Crippen LogP contribution in [0.5, 0.6) is 0 Å². The Hall–Kier alpha value is -1.20. The molecular formula is C19H25IO7S. The highest BCUT2D eigenvalue weighted by atomic mass is 127. The Morgan fingerprint density at radius 1 is 1.07 bits per heavy atom. The van der Waals surface area contributed by atoms with E-state index in [9.17, 15) is 18.0 Å². The largest absolute Gasteiger partial charge is 0.461 e. The van der Waals surface area contributed by atoms with Gasteiger partial charge in [0.1, 0.15) is 18.0 Å². The first-order chi connectivity index (χ1) is 13.0. The van der Waals surface area contributed by atoms with E-state index in [0.29, 0.717) is 25.7 Å². The summed E-state index contributed by atoms with van der Waals surface area (Å²) < 4.78 is 42.7. The number of benzene rings is 1. The van der Waals surface area contributed by atoms with Crippen LogP contribution in [0.2, 0.25) is 0 Å². The molecule has 0 heterocycles. The van der Waals surface area contributed by atoms with Crippen molar-refractivity contribution >= 4 is 44.6 Å². The molecule has 0 amide bonds. The average molecular weight is 524 g/mol. The standard InChI is InChI=1S/C19H25IO7S/c1-19(2,12-28(23,24)25)27-18(22)15-7-5-14(6-8-15)17(21)26-11-13-3-9-16(20)10-4-13/h3-4,9-10,14-15H,5-8,11-12H2,1-2H3,(H,23,24,25). The van der Waals surface area contributed by atoms with E-state index in [-0.39, 0.29) is 24.4 Å². The second-order valence-electron chi connectivity index (χ2n) is 7.69. The van der Waals surface area contributed by atoms with Gasteiger partial charge in [0.05, 0.1) is 11.8 Å². The number of carbonyl (C=O) groups excluding carboxylic acids is 2. The smallest absolute Gasteiger partial charge is 0.309 e. The molecule has 28 heavy (non-hydrogen) atoms. The van der Waals surface area contributed by atoms with E-state index >= 15 is 0 Å². The predicted molar refractivity (Wildman–Crippen MR) is 111 cm³/mol. The zero-order valence-electron chi connectivity index (χ0n) is 15.9. The van der Waals surface area contributed by atoms with Crippen LogP contribution in [0.3, 0.4) is 0 Å². The third-order valence-corrected chi connectivity index (χ3v) is 6.37. The van der Waals surface area contributed by atoms with Crippen molar-refractivity contribution in [3.63, 3.8) is 0 Å². The van der Waals surface area contributed by atoms with Gasteiger partial charge in [0.15, 0.2) is 0 Å². The van der Waals surface area contributed by atoms with Crippen LogP contribution >= 0.6 is 22.6 Å². The Balaban J connectivity index is 1.79. The molecule has 1 aromatic rings. The van der Waals surface area contributed by atoms with Gasteiger partial charge in [-0.3, -0.25) is 14.1 Å². The third kappa shape index (κ3) is 7.67. The monoisotopic (exact) mass is 524 g/mol. The van der Waals surface area contributed by atoms with Crippen LogP contribution in [0.4, 0.5) is 0 Å². The summed E-state index contributed by atoms with van der Waals surface area (Å²) in [5.41, 5.74) is -0.388. The lowest BCUT2D eigenvalue weighted by Gasteiger charge is -2.30. The zero-order valence-corrected chi connectivity index (χ0v) is 18.9. The number of esters is 2. The minimum Gasteiger partial charge on any atom is -0.461 e. The third-order valence-electron chi connectivity index (χ3n) is 4.60. The Kier molecular flexibility index (Phi) is 7.86. The van der Waals surface area contributed by atoms with Crippen molar-refractivity contribution in [3.8, 4) is 0 Å². The minimum absolute atomic E-state index is 0.224. The van der Waals surface area contributed by atoms with Crippen LogP contribution < -0.4 is 0 Å². The topological polar surface area (TPSA) is 107 Å². The molecule has 1 aliphatic rings. The summed E-state index contributed by atoms with van der Waals surface area (Å²) >= 11 is 2.21. The molecule has 0 bridgehead atoms. The van der Waals surface area contributed by atoms with Gasteiger partial charge in [-0.15, -0.1) is 0 Å². The molecule has 1 aliphatic carbocycles. The van der Waals surface area contributed by atoms with Crippen molar-refractivity contribution in [3.05, 3.63) is 33.4 Å². The highest BCUT2D eigenvalue weighted by Gasteiger charge is 2.35. The molecule has 1 N–H and O–H groups in total. The fourth-order valence-corrected chi connectivity index (χ4v) is 4.54. The molecule has 0 aromatic heterocycles. The van der Waals surface area contributed by atoms with Crippen LogP contribution in [0, 0.1) is 15.4 Å². The molecule has 2 rings (SSSR count). The van der Waals surface area contributed by atoms with Crippen LogP contribution in [0.25, 0.3) is 0 Å². The number of rotatable bonds is 7. The van der Waals surface area contributed by atoms with E-state index in [1.54, 1.807) is 0 Å². The highest BCUT2D eigenvalue weighted by molar-refractivity contribution is 14.1. The summed E-state index contributed by atoms with van der Waals surface area (Å²) in [7, 11) is -4.25. The molecular weight excluding hydrogens is 499 g/mol. The molecule has 1 aromatic carbocycles. The van der Waals surface area contributed by atoms with Crippen molar-refractivity contribution in [2.75, 3.05) is 5.75 Å². The Morgan fingerprint density at radius 2 is 1.57 bits per heavy atom. The average Bonchev–Trinajstić information content (AvgIpc) is 2.58. The molecule has 1 fully saturated rings. The van der Waals surface area contributed by atoms with Gasteiger partial charge in [-0.2, -0.15) is 8.42 Å². The van der Waals surface area contributed by atoms with Gasteiger partial charge >= 0.3 is 11.9 Å². The van der Waals surface area contributed by atoms with Gasteiger partial charge in [-0.1, -0.05) is 12.1 Å². The van der Waals surface area contributed by atoms with Crippen molar-refractivity contribution in [1.82, 2.24) is 0 Å². The van der Waals surface area contributed by atoms with Crippen molar-refractivity contribution in [1.29, 1.82) is 0 Å². The van der Waals surface area contributed by atoms with E-state index in [2.05, 4.69) is 22.6 Å². The quantitative estimate of drug-likeness (QED) is 0.331. The lowest BCUT2D eigenvalue weighted by molar-refractivity contribution is -0.163. The zero-order chi connectivity index (χ0) is 20.9. The first-order valence-corrected chi connectivity index (χ1v) is 11.7. The number of hydrogen-bond acceptors (Lipinski definition) is 6. The van der Waals surface area contributed by atoms with E-state index in [4.69, 9.17) is 14.0 Å². The minimum atomic E-state index is -4.25. The maximum Gasteiger partial charge on any atom is 0.309 e. The lowest BCUT2D eigenvalue weighted by atomic mass is 9.82. The van der Waals surface area contributed by atoms with Crippen molar-refractivity contribution in [2.45, 2.75) is 51.7 Å². The van der Waals surface area contributed by atoms with Gasteiger partial charge in [-0.05, 0) is 79.8 Å². The van der Waals surface area contributed by atoms with Crippen LogP contribution in [0.1, 0.15) is 45.1 Å². The SMILES string of the molecule is CC(C)(CS(=O)(=O)O)OC(=O)C1CCC(C(=O)OCc2ccc(I)cc2)CC1. The number of ether oxygens (including phenoxy) is 2. The maximum atomic E-state index is 12.3. The molecule has 7 nitrogen and oxygen atoms in total. The predicted octanol–water partition coefficient (Wildman–Crippen LogP) is 3.35. The van der Waals surface area contributed by atoms with Crippen LogP contribution in [-0.2, 0) is 35.8 Å². The van der Waals surface area contributed by atoms with Gasteiger partial charge in [0.25, 0.3) is 10.1 Å². The summed E-state index contributed by atoms with van der Waals surface area (Å²) in [5, 5.41) is 0. The van der Waals surface area contributed by atoms with E-state index in [0.717, 1.165) is 9.13 Å². The molecule has 0 radical (unpaired) electrons. The summed E-state index contributed by atoms with van der Waals surface area (Å²) in [6.07, 6.45) is 1.99. The summed E-state index contributed by atoms with van der Waals surface area (Å²) in [4.78, 5) is 24.6. The second-order valence-corrected chi connectivity index (χ2v) is 10.4. The summed E-state index contributed by atoms with van der Waals surface area (Å²) in [5.74, 6) is -2.07. The van der Waals surface area contributed by atoms with Gasteiger partial charge < -0.3 is 9.47 Å². The van der Waals surface area contributed by atoms with Crippen molar-refractivity contribution < 1.29 is 32.0 Å². The number of halogens is 1. The molecule has 0 atom stereocenters. The molecule has 0 spiro atoms. The normalized spacial score (nSPS) is 20.4. The molecule has 1 saturated carbocycles. The fourth-order valence-electron chi connectivity index (χ4n) is 3.24.